The zero-order valence-electron chi connectivity index (χ0n) is 7.20. The van der Waals surface area contributed by atoms with E-state index in [2.05, 4.69) is 0 Å². The van der Waals surface area contributed by atoms with Gasteiger partial charge in [0, 0.05) is 6.07 Å². The van der Waals surface area contributed by atoms with Gasteiger partial charge in [-0.15, -0.1) is 0 Å². The average Bonchev–Trinajstić information content (AvgIpc) is 1.99. The first kappa shape index (κ1) is 10.9. The Kier molecular flexibility index (Phi) is 2.78. The molecule has 0 heterocycles. The Balaban J connectivity index is 3.07. The molecular weight excluding hydrogens is 203 g/mol. The van der Waals surface area contributed by atoms with Crippen LogP contribution in [0.4, 0.5) is 22.0 Å². The maximum atomic E-state index is 12.6. The summed E-state index contributed by atoms with van der Waals surface area (Å²) in [6.07, 6.45) is -4.49. The van der Waals surface area contributed by atoms with Gasteiger partial charge in [-0.2, -0.15) is 13.2 Å². The summed E-state index contributed by atoms with van der Waals surface area (Å²) >= 11 is 0. The number of halogens is 5. The third kappa shape index (κ3) is 2.43. The van der Waals surface area contributed by atoms with Crippen molar-refractivity contribution in [2.45, 2.75) is 19.0 Å². The quantitative estimate of drug-likeness (QED) is 0.621. The van der Waals surface area contributed by atoms with Crippen LogP contribution < -0.4 is 0 Å². The number of benzene rings is 1. The number of hydrogen-bond donors (Lipinski definition) is 0. The van der Waals surface area contributed by atoms with Gasteiger partial charge in [0.1, 0.15) is 11.6 Å². The smallest absolute Gasteiger partial charge is 0.207 e. The highest BCUT2D eigenvalue weighted by molar-refractivity contribution is 5.22. The van der Waals surface area contributed by atoms with Crippen LogP contribution in [-0.2, 0) is 0 Å². The molecule has 0 radical (unpaired) electrons. The first-order valence-electron chi connectivity index (χ1n) is 3.83. The zero-order chi connectivity index (χ0) is 10.9. The predicted molar refractivity (Wildman–Crippen MR) is 40.8 cm³/mol. The molecule has 0 aliphatic rings. The number of rotatable bonds is 1. The Morgan fingerprint density at radius 3 is 1.79 bits per heavy atom. The van der Waals surface area contributed by atoms with Crippen LogP contribution in [0.25, 0.3) is 0 Å². The molecule has 0 spiro atoms. The molecule has 0 amide bonds. The highest BCUT2D eigenvalue weighted by Crippen LogP contribution is 2.34. The van der Waals surface area contributed by atoms with Crippen molar-refractivity contribution < 1.29 is 22.0 Å². The Morgan fingerprint density at radius 1 is 1.00 bits per heavy atom. The Hall–Kier alpha value is -1.13. The summed E-state index contributed by atoms with van der Waals surface area (Å²) in [5.41, 5.74) is -0.407. The largest absolute Gasteiger partial charge is 0.395 e. The molecule has 0 aromatic heterocycles. The van der Waals surface area contributed by atoms with Crippen LogP contribution in [0.1, 0.15) is 18.4 Å². The molecule has 1 unspecified atom stereocenters. The summed E-state index contributed by atoms with van der Waals surface area (Å²) in [4.78, 5) is 0. The van der Waals surface area contributed by atoms with Crippen LogP contribution >= 0.6 is 0 Å². The van der Waals surface area contributed by atoms with Crippen molar-refractivity contribution in [3.63, 3.8) is 0 Å². The number of alkyl halides is 3. The molecule has 0 saturated carbocycles. The summed E-state index contributed by atoms with van der Waals surface area (Å²) in [5.74, 6) is -3.88. The van der Waals surface area contributed by atoms with Gasteiger partial charge >= 0.3 is 6.18 Å². The van der Waals surface area contributed by atoms with Gasteiger partial charge in [-0.1, -0.05) is 0 Å². The monoisotopic (exact) mass is 210 g/mol. The minimum absolute atomic E-state index is 0.407. The first-order valence-corrected chi connectivity index (χ1v) is 3.83. The van der Waals surface area contributed by atoms with E-state index in [0.717, 1.165) is 6.92 Å². The van der Waals surface area contributed by atoms with Crippen molar-refractivity contribution in [3.8, 4) is 0 Å². The second-order valence-electron chi connectivity index (χ2n) is 2.97. The van der Waals surface area contributed by atoms with E-state index in [1.807, 2.05) is 0 Å². The van der Waals surface area contributed by atoms with Crippen molar-refractivity contribution in [1.82, 2.24) is 0 Å². The number of hydrogen-bond acceptors (Lipinski definition) is 0. The molecule has 1 rings (SSSR count). The lowest BCUT2D eigenvalue weighted by Gasteiger charge is -2.15. The van der Waals surface area contributed by atoms with Gasteiger partial charge in [-0.3, -0.25) is 0 Å². The zero-order valence-corrected chi connectivity index (χ0v) is 7.20. The second-order valence-corrected chi connectivity index (χ2v) is 2.97. The summed E-state index contributed by atoms with van der Waals surface area (Å²) in [6, 6.07) is 1.90. The SMILES string of the molecule is CC(c1cc(F)cc(F)c1)C(F)(F)F. The molecule has 0 aliphatic heterocycles. The molecular formula is C9H7F5. The van der Waals surface area contributed by atoms with E-state index in [9.17, 15) is 22.0 Å². The standard InChI is InChI=1S/C9H7F5/c1-5(9(12,13)14)6-2-7(10)4-8(11)3-6/h2-5H,1H3. The molecule has 0 nitrogen and oxygen atoms in total. The van der Waals surface area contributed by atoms with E-state index in [1.165, 1.54) is 0 Å². The maximum Gasteiger partial charge on any atom is 0.395 e. The fourth-order valence-electron chi connectivity index (χ4n) is 1.01. The normalized spacial score (nSPS) is 14.1. The summed E-state index contributed by atoms with van der Waals surface area (Å²) in [7, 11) is 0. The van der Waals surface area contributed by atoms with Gasteiger partial charge < -0.3 is 0 Å². The fourth-order valence-corrected chi connectivity index (χ4v) is 1.01. The van der Waals surface area contributed by atoms with E-state index in [-0.39, 0.29) is 0 Å². The van der Waals surface area contributed by atoms with Gasteiger partial charge in [0.25, 0.3) is 0 Å². The summed E-state index contributed by atoms with van der Waals surface area (Å²) in [6.45, 7) is 0.855. The molecule has 0 fully saturated rings. The third-order valence-electron chi connectivity index (χ3n) is 1.88. The van der Waals surface area contributed by atoms with E-state index >= 15 is 0 Å². The molecule has 0 aliphatic carbocycles. The van der Waals surface area contributed by atoms with Gasteiger partial charge in [-0.05, 0) is 24.6 Å². The van der Waals surface area contributed by atoms with E-state index in [4.69, 9.17) is 0 Å². The predicted octanol–water partition coefficient (Wildman–Crippen LogP) is 3.63. The molecule has 0 bridgehead atoms. The summed E-state index contributed by atoms with van der Waals surface area (Å²) < 4.78 is 61.6. The van der Waals surface area contributed by atoms with E-state index < -0.39 is 29.3 Å². The van der Waals surface area contributed by atoms with Crippen molar-refractivity contribution in [2.75, 3.05) is 0 Å². The lowest BCUT2D eigenvalue weighted by Crippen LogP contribution is -2.17. The van der Waals surface area contributed by atoms with Crippen LogP contribution in [0.5, 0.6) is 0 Å². The highest BCUT2D eigenvalue weighted by Gasteiger charge is 2.37. The van der Waals surface area contributed by atoms with E-state index in [0.29, 0.717) is 18.2 Å². The molecule has 0 N–H and O–H groups in total. The topological polar surface area (TPSA) is 0 Å². The van der Waals surface area contributed by atoms with Crippen LogP contribution in [0.15, 0.2) is 18.2 Å². The Bertz CT molecular complexity index is 308. The molecule has 1 aromatic rings. The summed E-state index contributed by atoms with van der Waals surface area (Å²) in [5, 5.41) is 0. The van der Waals surface area contributed by atoms with Gasteiger partial charge in [0.05, 0.1) is 5.92 Å². The van der Waals surface area contributed by atoms with Crippen molar-refractivity contribution in [1.29, 1.82) is 0 Å². The van der Waals surface area contributed by atoms with Crippen molar-refractivity contribution in [3.05, 3.63) is 35.4 Å². The van der Waals surface area contributed by atoms with Crippen LogP contribution in [-0.4, -0.2) is 6.18 Å². The highest BCUT2D eigenvalue weighted by atomic mass is 19.4. The van der Waals surface area contributed by atoms with Crippen LogP contribution in [0, 0.1) is 11.6 Å². The molecule has 1 aromatic carbocycles. The molecule has 5 heteroatoms. The average molecular weight is 210 g/mol. The first-order chi connectivity index (χ1) is 6.30. The van der Waals surface area contributed by atoms with Gasteiger partial charge in [0.15, 0.2) is 0 Å². The van der Waals surface area contributed by atoms with Crippen LogP contribution in [0.3, 0.4) is 0 Å². The van der Waals surface area contributed by atoms with Gasteiger partial charge in [-0.25, -0.2) is 8.78 Å². The minimum Gasteiger partial charge on any atom is -0.207 e. The molecule has 1 atom stereocenters. The fraction of sp³-hybridized carbons (Fsp3) is 0.333. The molecule has 0 saturated heterocycles. The van der Waals surface area contributed by atoms with E-state index in [1.54, 1.807) is 0 Å². The van der Waals surface area contributed by atoms with Gasteiger partial charge in [0.2, 0.25) is 0 Å². The van der Waals surface area contributed by atoms with Crippen molar-refractivity contribution >= 4 is 0 Å². The van der Waals surface area contributed by atoms with Crippen molar-refractivity contribution in [2.24, 2.45) is 0 Å². The third-order valence-corrected chi connectivity index (χ3v) is 1.88. The lowest BCUT2D eigenvalue weighted by molar-refractivity contribution is -0.146. The Labute approximate surface area is 77.4 Å². The lowest BCUT2D eigenvalue weighted by atomic mass is 10.0. The minimum atomic E-state index is -4.49. The van der Waals surface area contributed by atoms with Crippen LogP contribution in [0.2, 0.25) is 0 Å². The molecule has 14 heavy (non-hydrogen) atoms. The second kappa shape index (κ2) is 3.55. The maximum absolute atomic E-state index is 12.6. The molecule has 78 valence electrons. The Morgan fingerprint density at radius 2 is 1.43 bits per heavy atom.